The number of benzene rings is 1. The largest absolute Gasteiger partial charge is 0.312 e. The summed E-state index contributed by atoms with van der Waals surface area (Å²) < 4.78 is 0. The lowest BCUT2D eigenvalue weighted by Crippen LogP contribution is -2.41. The zero-order valence-electron chi connectivity index (χ0n) is 10.1. The number of nitrogens with zero attached hydrogens (tertiary/aromatic N) is 1. The van der Waals surface area contributed by atoms with Crippen LogP contribution in [0.1, 0.15) is 37.8 Å². The standard InChI is InChI=1S/C13H19N3/c1-13(2,3)15-12(16-14)11-8-9-6-4-5-7-10(9)11/h4-7,11H,8,14H2,1-3H3,(H,15,16). The number of nitrogens with two attached hydrogens (primary N) is 1. The van der Waals surface area contributed by atoms with Crippen molar-refractivity contribution >= 4 is 5.84 Å². The molecule has 0 saturated carbocycles. The predicted molar refractivity (Wildman–Crippen MR) is 67.4 cm³/mol. The molecule has 1 atom stereocenters. The second kappa shape index (κ2) is 3.91. The van der Waals surface area contributed by atoms with E-state index in [9.17, 15) is 0 Å². The van der Waals surface area contributed by atoms with Gasteiger partial charge in [0, 0.05) is 5.92 Å². The lowest BCUT2D eigenvalue weighted by atomic mass is 9.77. The normalized spacial score (nSPS) is 20.0. The number of hydrazine groups is 1. The molecule has 86 valence electrons. The zero-order chi connectivity index (χ0) is 11.8. The third-order valence-corrected chi connectivity index (χ3v) is 2.79. The monoisotopic (exact) mass is 217 g/mol. The van der Waals surface area contributed by atoms with E-state index in [0.29, 0.717) is 5.92 Å². The molecule has 1 aromatic rings. The van der Waals surface area contributed by atoms with Crippen molar-refractivity contribution in [3.05, 3.63) is 35.4 Å². The fourth-order valence-electron chi connectivity index (χ4n) is 2.07. The Morgan fingerprint density at radius 2 is 2.06 bits per heavy atom. The number of hydrogen-bond donors (Lipinski definition) is 2. The van der Waals surface area contributed by atoms with E-state index in [2.05, 4.69) is 55.5 Å². The molecule has 0 heterocycles. The van der Waals surface area contributed by atoms with Crippen LogP contribution in [-0.4, -0.2) is 11.4 Å². The Morgan fingerprint density at radius 1 is 1.38 bits per heavy atom. The number of aliphatic imine (C=N–C) groups is 1. The maximum Gasteiger partial charge on any atom is 0.119 e. The molecule has 1 unspecified atom stereocenters. The Hall–Kier alpha value is -1.35. The Balaban J connectivity index is 2.25. The minimum absolute atomic E-state index is 0.0910. The van der Waals surface area contributed by atoms with Crippen molar-refractivity contribution in [1.82, 2.24) is 5.43 Å². The maximum absolute atomic E-state index is 5.57. The van der Waals surface area contributed by atoms with Crippen LogP contribution in [0.25, 0.3) is 0 Å². The molecule has 0 amide bonds. The lowest BCUT2D eigenvalue weighted by Gasteiger charge is -2.32. The van der Waals surface area contributed by atoms with E-state index in [1.807, 2.05) is 0 Å². The van der Waals surface area contributed by atoms with Gasteiger partial charge in [0.1, 0.15) is 5.84 Å². The molecular formula is C13H19N3. The molecule has 0 spiro atoms. The van der Waals surface area contributed by atoms with Crippen LogP contribution in [-0.2, 0) is 6.42 Å². The smallest absolute Gasteiger partial charge is 0.119 e. The minimum Gasteiger partial charge on any atom is -0.312 e. The molecule has 1 aliphatic rings. The average Bonchev–Trinajstić information content (AvgIpc) is 2.16. The van der Waals surface area contributed by atoms with E-state index >= 15 is 0 Å². The average molecular weight is 217 g/mol. The van der Waals surface area contributed by atoms with Crippen molar-refractivity contribution < 1.29 is 0 Å². The molecule has 0 radical (unpaired) electrons. The summed E-state index contributed by atoms with van der Waals surface area (Å²) in [4.78, 5) is 4.63. The van der Waals surface area contributed by atoms with Gasteiger partial charge >= 0.3 is 0 Å². The molecule has 1 aromatic carbocycles. The summed E-state index contributed by atoms with van der Waals surface area (Å²) in [5.41, 5.74) is 5.42. The van der Waals surface area contributed by atoms with Gasteiger partial charge in [-0.15, -0.1) is 0 Å². The van der Waals surface area contributed by atoms with Crippen LogP contribution in [0.15, 0.2) is 29.3 Å². The molecule has 3 nitrogen and oxygen atoms in total. The first-order valence-corrected chi connectivity index (χ1v) is 5.65. The summed E-state index contributed by atoms with van der Waals surface area (Å²) in [6, 6.07) is 8.46. The van der Waals surface area contributed by atoms with E-state index in [0.717, 1.165) is 12.3 Å². The number of rotatable bonds is 1. The Labute approximate surface area is 96.7 Å². The van der Waals surface area contributed by atoms with Crippen LogP contribution >= 0.6 is 0 Å². The summed E-state index contributed by atoms with van der Waals surface area (Å²) in [6.45, 7) is 6.23. The summed E-state index contributed by atoms with van der Waals surface area (Å²) >= 11 is 0. The highest BCUT2D eigenvalue weighted by molar-refractivity contribution is 5.91. The molecule has 0 aliphatic heterocycles. The number of fused-ring (bicyclic) bond motifs is 1. The van der Waals surface area contributed by atoms with Crippen molar-refractivity contribution in [3.63, 3.8) is 0 Å². The third kappa shape index (κ3) is 2.09. The molecule has 0 aromatic heterocycles. The molecule has 2 rings (SSSR count). The predicted octanol–water partition coefficient (Wildman–Crippen LogP) is 1.99. The zero-order valence-corrected chi connectivity index (χ0v) is 10.1. The maximum atomic E-state index is 5.57. The van der Waals surface area contributed by atoms with Gasteiger partial charge in [0.25, 0.3) is 0 Å². The Bertz CT molecular complexity index is 415. The van der Waals surface area contributed by atoms with Gasteiger partial charge in [-0.1, -0.05) is 24.3 Å². The van der Waals surface area contributed by atoms with E-state index in [4.69, 9.17) is 5.84 Å². The molecule has 1 aliphatic carbocycles. The van der Waals surface area contributed by atoms with Crippen LogP contribution in [0.3, 0.4) is 0 Å². The van der Waals surface area contributed by atoms with Crippen LogP contribution in [0, 0.1) is 0 Å². The van der Waals surface area contributed by atoms with Crippen molar-refractivity contribution in [1.29, 1.82) is 0 Å². The van der Waals surface area contributed by atoms with E-state index in [1.165, 1.54) is 11.1 Å². The quantitative estimate of drug-likeness (QED) is 0.327. The second-order valence-electron chi connectivity index (χ2n) is 5.27. The van der Waals surface area contributed by atoms with Gasteiger partial charge < -0.3 is 5.43 Å². The van der Waals surface area contributed by atoms with Crippen molar-refractivity contribution in [2.24, 2.45) is 10.8 Å². The van der Waals surface area contributed by atoms with Gasteiger partial charge in [-0.05, 0) is 38.3 Å². The fraction of sp³-hybridized carbons (Fsp3) is 0.462. The van der Waals surface area contributed by atoms with Crippen LogP contribution in [0.2, 0.25) is 0 Å². The lowest BCUT2D eigenvalue weighted by molar-refractivity contribution is 0.569. The minimum atomic E-state index is -0.0910. The van der Waals surface area contributed by atoms with Crippen molar-refractivity contribution in [2.75, 3.05) is 0 Å². The molecular weight excluding hydrogens is 198 g/mol. The summed E-state index contributed by atoms with van der Waals surface area (Å²) in [5.74, 6) is 6.81. The van der Waals surface area contributed by atoms with Crippen LogP contribution in [0.5, 0.6) is 0 Å². The highest BCUT2D eigenvalue weighted by Gasteiger charge is 2.30. The number of hydrogen-bond acceptors (Lipinski definition) is 2. The summed E-state index contributed by atoms with van der Waals surface area (Å²) in [5, 5.41) is 0. The Morgan fingerprint density at radius 3 is 2.62 bits per heavy atom. The Kier molecular flexibility index (Phi) is 2.72. The molecule has 0 bridgehead atoms. The van der Waals surface area contributed by atoms with Gasteiger partial charge in [-0.25, -0.2) is 5.84 Å². The highest BCUT2D eigenvalue weighted by atomic mass is 15.3. The SMILES string of the molecule is CC(C)(C)N=C(NN)C1Cc2ccccc21. The van der Waals surface area contributed by atoms with Crippen molar-refractivity contribution in [3.8, 4) is 0 Å². The first-order valence-electron chi connectivity index (χ1n) is 5.65. The van der Waals surface area contributed by atoms with Gasteiger partial charge in [-0.2, -0.15) is 0 Å². The van der Waals surface area contributed by atoms with Gasteiger partial charge in [0.15, 0.2) is 0 Å². The summed E-state index contributed by atoms with van der Waals surface area (Å²) in [6.07, 6.45) is 1.04. The number of amidine groups is 1. The molecule has 0 fully saturated rings. The van der Waals surface area contributed by atoms with Crippen LogP contribution < -0.4 is 11.3 Å². The molecule has 0 saturated heterocycles. The van der Waals surface area contributed by atoms with Gasteiger partial charge in [0.05, 0.1) is 5.54 Å². The van der Waals surface area contributed by atoms with E-state index < -0.39 is 0 Å². The van der Waals surface area contributed by atoms with Crippen LogP contribution in [0.4, 0.5) is 0 Å². The molecule has 3 N–H and O–H groups in total. The fourth-order valence-corrected chi connectivity index (χ4v) is 2.07. The summed E-state index contributed by atoms with van der Waals surface area (Å²) in [7, 11) is 0. The molecule has 3 heteroatoms. The second-order valence-corrected chi connectivity index (χ2v) is 5.27. The van der Waals surface area contributed by atoms with Crippen molar-refractivity contribution in [2.45, 2.75) is 38.6 Å². The van der Waals surface area contributed by atoms with Gasteiger partial charge in [-0.3, -0.25) is 4.99 Å². The first kappa shape index (κ1) is 11.1. The first-order chi connectivity index (χ1) is 7.51. The van der Waals surface area contributed by atoms with E-state index in [-0.39, 0.29) is 5.54 Å². The molecule has 16 heavy (non-hydrogen) atoms. The van der Waals surface area contributed by atoms with Gasteiger partial charge in [0.2, 0.25) is 0 Å². The highest BCUT2D eigenvalue weighted by Crippen LogP contribution is 2.35. The number of nitrogens with one attached hydrogen (secondary N) is 1. The van der Waals surface area contributed by atoms with E-state index in [1.54, 1.807) is 0 Å². The third-order valence-electron chi connectivity index (χ3n) is 2.79. The topological polar surface area (TPSA) is 50.4 Å².